The third-order valence-electron chi connectivity index (χ3n) is 2.95. The van der Waals surface area contributed by atoms with Crippen LogP contribution in [0.15, 0.2) is 34.2 Å². The van der Waals surface area contributed by atoms with Gasteiger partial charge in [-0.05, 0) is 30.5 Å². The topological polar surface area (TPSA) is 70.6 Å². The summed E-state index contributed by atoms with van der Waals surface area (Å²) in [5.74, 6) is 0.787. The molecule has 1 saturated carbocycles. The smallest absolute Gasteiger partial charge is 0.191 e. The van der Waals surface area contributed by atoms with Crippen molar-refractivity contribution in [1.29, 1.82) is 0 Å². The summed E-state index contributed by atoms with van der Waals surface area (Å²) >= 11 is 0. The van der Waals surface area contributed by atoms with Crippen molar-refractivity contribution in [2.75, 3.05) is 13.3 Å². The van der Waals surface area contributed by atoms with E-state index in [4.69, 9.17) is 0 Å². The van der Waals surface area contributed by atoms with Crippen molar-refractivity contribution in [3.63, 3.8) is 0 Å². The highest BCUT2D eigenvalue weighted by atomic mass is 32.2. The van der Waals surface area contributed by atoms with Crippen LogP contribution < -0.4 is 10.6 Å². The second-order valence-electron chi connectivity index (χ2n) is 4.76. The monoisotopic (exact) mass is 281 g/mol. The molecule has 0 atom stereocenters. The lowest BCUT2D eigenvalue weighted by Crippen LogP contribution is -2.38. The molecule has 19 heavy (non-hydrogen) atoms. The molecule has 1 fully saturated rings. The molecule has 104 valence electrons. The van der Waals surface area contributed by atoms with Crippen molar-refractivity contribution in [3.8, 4) is 0 Å². The maximum absolute atomic E-state index is 11.3. The number of hydrogen-bond acceptors (Lipinski definition) is 3. The zero-order chi connectivity index (χ0) is 13.9. The molecule has 0 unspecified atom stereocenters. The summed E-state index contributed by atoms with van der Waals surface area (Å²) in [6.07, 6.45) is 3.61. The summed E-state index contributed by atoms with van der Waals surface area (Å²) in [4.78, 5) is 4.48. The lowest BCUT2D eigenvalue weighted by atomic mass is 10.2. The number of nitrogens with zero attached hydrogens (tertiary/aromatic N) is 1. The maximum atomic E-state index is 11.3. The molecule has 0 aliphatic heterocycles. The highest BCUT2D eigenvalue weighted by Gasteiger charge is 2.21. The maximum Gasteiger partial charge on any atom is 0.191 e. The van der Waals surface area contributed by atoms with E-state index in [-0.39, 0.29) is 0 Å². The summed E-state index contributed by atoms with van der Waals surface area (Å²) < 4.78 is 22.7. The first-order valence-electron chi connectivity index (χ1n) is 6.25. The predicted molar refractivity (Wildman–Crippen MR) is 75.9 cm³/mol. The molecule has 0 spiro atoms. The minimum absolute atomic E-state index is 0.344. The first-order chi connectivity index (χ1) is 8.99. The van der Waals surface area contributed by atoms with E-state index >= 15 is 0 Å². The molecular formula is C13H19N3O2S. The summed E-state index contributed by atoms with van der Waals surface area (Å²) in [7, 11) is -1.38. The molecule has 1 aliphatic rings. The standard InChI is InChI=1S/C13H19N3O2S/c1-14-13(16-11-5-6-11)15-9-10-3-7-12(8-4-10)19(2,17)18/h3-4,7-8,11H,5-6,9H2,1-2H3,(H2,14,15,16). The van der Waals surface area contributed by atoms with Crippen LogP contribution in [0, 0.1) is 0 Å². The molecule has 0 heterocycles. The number of sulfone groups is 1. The van der Waals surface area contributed by atoms with Gasteiger partial charge in [-0.2, -0.15) is 0 Å². The fraction of sp³-hybridized carbons (Fsp3) is 0.462. The van der Waals surface area contributed by atoms with Crippen molar-refractivity contribution in [3.05, 3.63) is 29.8 Å². The molecular weight excluding hydrogens is 262 g/mol. The Morgan fingerprint density at radius 3 is 2.42 bits per heavy atom. The molecule has 0 radical (unpaired) electrons. The normalized spacial score (nSPS) is 16.2. The van der Waals surface area contributed by atoms with Gasteiger partial charge in [0.05, 0.1) is 4.90 Å². The molecule has 1 aliphatic carbocycles. The molecule has 5 nitrogen and oxygen atoms in total. The Kier molecular flexibility index (Phi) is 4.09. The van der Waals surface area contributed by atoms with Gasteiger partial charge >= 0.3 is 0 Å². The molecule has 0 aromatic heterocycles. The van der Waals surface area contributed by atoms with Crippen LogP contribution in [0.4, 0.5) is 0 Å². The summed E-state index contributed by atoms with van der Waals surface area (Å²) in [5, 5.41) is 6.49. The van der Waals surface area contributed by atoms with Gasteiger partial charge in [-0.25, -0.2) is 8.42 Å². The zero-order valence-corrected chi connectivity index (χ0v) is 12.0. The molecule has 0 saturated heterocycles. The van der Waals surface area contributed by atoms with Gasteiger partial charge in [-0.1, -0.05) is 12.1 Å². The molecule has 1 aromatic rings. The first kappa shape index (κ1) is 13.9. The Bertz CT molecular complexity index is 560. The van der Waals surface area contributed by atoms with Crippen LogP contribution in [-0.2, 0) is 16.4 Å². The van der Waals surface area contributed by atoms with E-state index in [1.54, 1.807) is 19.2 Å². The second-order valence-corrected chi connectivity index (χ2v) is 6.78. The fourth-order valence-corrected chi connectivity index (χ4v) is 2.29. The molecule has 2 N–H and O–H groups in total. The van der Waals surface area contributed by atoms with Gasteiger partial charge in [0, 0.05) is 25.9 Å². The number of hydrogen-bond donors (Lipinski definition) is 2. The Labute approximate surface area is 114 Å². The molecule has 1 aromatic carbocycles. The molecule has 0 amide bonds. The Balaban J connectivity index is 1.92. The SMILES string of the molecule is CN=C(NCc1ccc(S(C)(=O)=O)cc1)NC1CC1. The van der Waals surface area contributed by atoms with Crippen LogP contribution in [0.3, 0.4) is 0 Å². The van der Waals surface area contributed by atoms with E-state index in [1.165, 1.54) is 19.1 Å². The van der Waals surface area contributed by atoms with Gasteiger partial charge in [0.1, 0.15) is 0 Å². The van der Waals surface area contributed by atoms with Crippen LogP contribution in [0.1, 0.15) is 18.4 Å². The number of rotatable bonds is 4. The van der Waals surface area contributed by atoms with Gasteiger partial charge < -0.3 is 10.6 Å². The fourth-order valence-electron chi connectivity index (χ4n) is 1.66. The number of guanidine groups is 1. The van der Waals surface area contributed by atoms with Crippen LogP contribution in [0.2, 0.25) is 0 Å². The van der Waals surface area contributed by atoms with Crippen LogP contribution >= 0.6 is 0 Å². The third kappa shape index (κ3) is 4.24. The number of benzene rings is 1. The lowest BCUT2D eigenvalue weighted by molar-refractivity contribution is 0.602. The van der Waals surface area contributed by atoms with Gasteiger partial charge in [0.25, 0.3) is 0 Å². The lowest BCUT2D eigenvalue weighted by Gasteiger charge is -2.11. The van der Waals surface area contributed by atoms with E-state index in [0.717, 1.165) is 11.5 Å². The van der Waals surface area contributed by atoms with Crippen molar-refractivity contribution in [2.24, 2.45) is 4.99 Å². The predicted octanol–water partition coefficient (Wildman–Crippen LogP) is 0.917. The van der Waals surface area contributed by atoms with Crippen LogP contribution in [0.5, 0.6) is 0 Å². The van der Waals surface area contributed by atoms with E-state index < -0.39 is 9.84 Å². The van der Waals surface area contributed by atoms with Gasteiger partial charge in [-0.15, -0.1) is 0 Å². The quantitative estimate of drug-likeness (QED) is 0.636. The van der Waals surface area contributed by atoms with E-state index in [1.807, 2.05) is 12.1 Å². The van der Waals surface area contributed by atoms with Crippen molar-refractivity contribution in [2.45, 2.75) is 30.3 Å². The minimum atomic E-state index is -3.12. The second kappa shape index (κ2) is 5.61. The number of nitrogens with one attached hydrogen (secondary N) is 2. The highest BCUT2D eigenvalue weighted by Crippen LogP contribution is 2.18. The summed E-state index contributed by atoms with van der Waals surface area (Å²) in [6.45, 7) is 0.621. The Morgan fingerprint density at radius 2 is 1.95 bits per heavy atom. The van der Waals surface area contributed by atoms with Crippen molar-refractivity contribution in [1.82, 2.24) is 10.6 Å². The average Bonchev–Trinajstić information content (AvgIpc) is 3.18. The minimum Gasteiger partial charge on any atom is -0.354 e. The summed E-state index contributed by atoms with van der Waals surface area (Å²) in [5.41, 5.74) is 1.02. The van der Waals surface area contributed by atoms with Crippen molar-refractivity contribution >= 4 is 15.8 Å². The molecule has 6 heteroatoms. The highest BCUT2D eigenvalue weighted by molar-refractivity contribution is 7.90. The molecule has 2 rings (SSSR count). The van der Waals surface area contributed by atoms with Gasteiger partial charge in [0.15, 0.2) is 15.8 Å². The zero-order valence-electron chi connectivity index (χ0n) is 11.2. The summed E-state index contributed by atoms with van der Waals surface area (Å²) in [6, 6.07) is 7.44. The first-order valence-corrected chi connectivity index (χ1v) is 8.14. The van der Waals surface area contributed by atoms with Gasteiger partial charge in [-0.3, -0.25) is 4.99 Å². The van der Waals surface area contributed by atoms with Crippen LogP contribution in [0.25, 0.3) is 0 Å². The third-order valence-corrected chi connectivity index (χ3v) is 4.08. The van der Waals surface area contributed by atoms with E-state index in [2.05, 4.69) is 15.6 Å². The number of aliphatic imine (C=N–C) groups is 1. The van der Waals surface area contributed by atoms with Crippen LogP contribution in [-0.4, -0.2) is 33.7 Å². The average molecular weight is 281 g/mol. The molecule has 0 bridgehead atoms. The van der Waals surface area contributed by atoms with Gasteiger partial charge in [0.2, 0.25) is 0 Å². The van der Waals surface area contributed by atoms with Crippen molar-refractivity contribution < 1.29 is 8.42 Å². The Hall–Kier alpha value is -1.56. The Morgan fingerprint density at radius 1 is 1.32 bits per heavy atom. The van der Waals surface area contributed by atoms with E-state index in [9.17, 15) is 8.42 Å². The van der Waals surface area contributed by atoms with E-state index in [0.29, 0.717) is 17.5 Å². The largest absolute Gasteiger partial charge is 0.354 e.